The second kappa shape index (κ2) is 15.0. The third-order valence-electron chi connectivity index (χ3n) is 4.36. The van der Waals surface area contributed by atoms with Gasteiger partial charge in [-0.3, -0.25) is 29.0 Å². The van der Waals surface area contributed by atoms with Crippen LogP contribution >= 0.6 is 0 Å². The number of primary amides is 1. The van der Waals surface area contributed by atoms with Crippen LogP contribution in [-0.4, -0.2) is 82.5 Å². The Balaban J connectivity index is 5.02. The van der Waals surface area contributed by atoms with Gasteiger partial charge in [0.05, 0.1) is 12.5 Å². The second-order valence-corrected chi connectivity index (χ2v) is 7.35. The van der Waals surface area contributed by atoms with E-state index in [0.717, 1.165) is 0 Å². The Morgan fingerprint density at radius 1 is 0.853 bits per heavy atom. The van der Waals surface area contributed by atoms with E-state index in [1.54, 1.807) is 0 Å². The SMILES string of the molecule is CC(NC(=O)C(N)CCCN=C(N)N)C(=O)NC(CC(=O)O)C(=O)NC(CCC(N)=O)C(=O)O. The van der Waals surface area contributed by atoms with Gasteiger partial charge in [-0.25, -0.2) is 4.79 Å². The van der Waals surface area contributed by atoms with Crippen LogP contribution in [-0.2, 0) is 28.8 Å². The van der Waals surface area contributed by atoms with Gasteiger partial charge < -0.3 is 49.1 Å². The van der Waals surface area contributed by atoms with Gasteiger partial charge >= 0.3 is 11.9 Å². The summed E-state index contributed by atoms with van der Waals surface area (Å²) in [7, 11) is 0. The quantitative estimate of drug-likeness (QED) is 0.0568. The van der Waals surface area contributed by atoms with Gasteiger partial charge in [0.1, 0.15) is 18.1 Å². The molecule has 16 heteroatoms. The first-order chi connectivity index (χ1) is 15.7. The van der Waals surface area contributed by atoms with Crippen molar-refractivity contribution in [2.24, 2.45) is 27.9 Å². The van der Waals surface area contributed by atoms with Crippen LogP contribution in [0.25, 0.3) is 0 Å². The zero-order valence-electron chi connectivity index (χ0n) is 18.7. The predicted octanol–water partition coefficient (Wildman–Crippen LogP) is -4.33. The van der Waals surface area contributed by atoms with Crippen LogP contribution in [0.15, 0.2) is 4.99 Å². The third kappa shape index (κ3) is 12.8. The number of guanidine groups is 1. The molecule has 0 saturated heterocycles. The highest BCUT2D eigenvalue weighted by atomic mass is 16.4. The number of carboxylic acid groups (broad SMARTS) is 2. The molecular formula is C18H32N8O8. The average Bonchev–Trinajstić information content (AvgIpc) is 2.72. The molecule has 0 aliphatic rings. The van der Waals surface area contributed by atoms with Gasteiger partial charge in [-0.1, -0.05) is 0 Å². The standard InChI is InChI=1S/C18H32N8O8/c1-8(24-15(31)9(19)3-2-6-23-18(21)22)14(30)26-11(7-13(28)29)16(32)25-10(17(33)34)4-5-12(20)27/h8-11H,2-7,19H2,1H3,(H2,20,27)(H,24,31)(H,25,32)(H,26,30)(H,28,29)(H,33,34)(H4,21,22,23). The Labute approximate surface area is 194 Å². The number of nitrogens with zero attached hydrogens (tertiary/aromatic N) is 1. The number of nitrogens with one attached hydrogen (secondary N) is 3. The number of aliphatic imine (C=N–C) groups is 1. The van der Waals surface area contributed by atoms with Crippen molar-refractivity contribution in [1.29, 1.82) is 0 Å². The first-order valence-corrected chi connectivity index (χ1v) is 10.2. The number of aliphatic carboxylic acids is 2. The van der Waals surface area contributed by atoms with E-state index in [2.05, 4.69) is 20.9 Å². The predicted molar refractivity (Wildman–Crippen MR) is 118 cm³/mol. The average molecular weight is 489 g/mol. The molecule has 4 atom stereocenters. The summed E-state index contributed by atoms with van der Waals surface area (Å²) >= 11 is 0. The van der Waals surface area contributed by atoms with Crippen molar-refractivity contribution in [2.45, 2.75) is 63.2 Å². The number of carbonyl (C=O) groups excluding carboxylic acids is 4. The molecule has 0 saturated carbocycles. The lowest BCUT2D eigenvalue weighted by Crippen LogP contribution is -2.56. The number of nitrogens with two attached hydrogens (primary N) is 4. The maximum absolute atomic E-state index is 12.4. The van der Waals surface area contributed by atoms with Crippen molar-refractivity contribution >= 4 is 41.5 Å². The van der Waals surface area contributed by atoms with Gasteiger partial charge in [0.25, 0.3) is 0 Å². The van der Waals surface area contributed by atoms with E-state index in [1.165, 1.54) is 6.92 Å². The summed E-state index contributed by atoms with van der Waals surface area (Å²) in [5, 5.41) is 24.8. The molecule has 0 aromatic rings. The first-order valence-electron chi connectivity index (χ1n) is 10.2. The van der Waals surface area contributed by atoms with Crippen LogP contribution in [0, 0.1) is 0 Å². The second-order valence-electron chi connectivity index (χ2n) is 7.35. The highest BCUT2D eigenvalue weighted by molar-refractivity contribution is 5.95. The summed E-state index contributed by atoms with van der Waals surface area (Å²) in [6.45, 7) is 1.53. The number of amides is 4. The van der Waals surface area contributed by atoms with Crippen molar-refractivity contribution in [3.8, 4) is 0 Å². The van der Waals surface area contributed by atoms with E-state index in [4.69, 9.17) is 28.0 Å². The Hall–Kier alpha value is -3.95. The molecule has 0 aliphatic heterocycles. The van der Waals surface area contributed by atoms with E-state index in [9.17, 15) is 33.9 Å². The summed E-state index contributed by atoms with van der Waals surface area (Å²) in [4.78, 5) is 74.0. The minimum absolute atomic E-state index is 0.106. The Bertz CT molecular complexity index is 799. The summed E-state index contributed by atoms with van der Waals surface area (Å²) < 4.78 is 0. The monoisotopic (exact) mass is 488 g/mol. The topological polar surface area (TPSA) is 295 Å². The van der Waals surface area contributed by atoms with E-state index in [-0.39, 0.29) is 31.8 Å². The molecule has 16 nitrogen and oxygen atoms in total. The molecule has 0 radical (unpaired) electrons. The molecule has 0 bridgehead atoms. The molecule has 0 aromatic heterocycles. The Morgan fingerprint density at radius 3 is 1.94 bits per heavy atom. The van der Waals surface area contributed by atoms with E-state index in [1.807, 2.05) is 0 Å². The van der Waals surface area contributed by atoms with Crippen molar-refractivity contribution in [1.82, 2.24) is 16.0 Å². The molecule has 13 N–H and O–H groups in total. The molecule has 0 heterocycles. The molecule has 192 valence electrons. The number of carboxylic acids is 2. The largest absolute Gasteiger partial charge is 0.481 e. The lowest BCUT2D eigenvalue weighted by molar-refractivity contribution is -0.143. The molecule has 34 heavy (non-hydrogen) atoms. The molecule has 0 spiro atoms. The smallest absolute Gasteiger partial charge is 0.326 e. The van der Waals surface area contributed by atoms with Gasteiger partial charge in [0.2, 0.25) is 23.6 Å². The molecule has 0 rings (SSSR count). The highest BCUT2D eigenvalue weighted by Crippen LogP contribution is 2.02. The van der Waals surface area contributed by atoms with Crippen LogP contribution in [0.1, 0.15) is 39.0 Å². The summed E-state index contributed by atoms with van der Waals surface area (Å²) in [5.74, 6) is -6.54. The van der Waals surface area contributed by atoms with Crippen LogP contribution < -0.4 is 38.9 Å². The van der Waals surface area contributed by atoms with Gasteiger partial charge in [0, 0.05) is 13.0 Å². The lowest BCUT2D eigenvalue weighted by atomic mass is 10.1. The molecule has 0 aromatic carbocycles. The van der Waals surface area contributed by atoms with Crippen LogP contribution in [0.2, 0.25) is 0 Å². The number of carbonyl (C=O) groups is 6. The van der Waals surface area contributed by atoms with Crippen molar-refractivity contribution in [2.75, 3.05) is 6.54 Å². The summed E-state index contributed by atoms with van der Waals surface area (Å²) in [5.41, 5.74) is 21.1. The minimum Gasteiger partial charge on any atom is -0.481 e. The molecule has 0 fully saturated rings. The molecular weight excluding hydrogens is 456 g/mol. The minimum atomic E-state index is -1.66. The fraction of sp³-hybridized carbons (Fsp3) is 0.611. The van der Waals surface area contributed by atoms with Crippen molar-refractivity contribution < 1.29 is 39.0 Å². The Kier molecular flexibility index (Phi) is 13.2. The van der Waals surface area contributed by atoms with E-state index < -0.39 is 66.2 Å². The van der Waals surface area contributed by atoms with Crippen LogP contribution in [0.4, 0.5) is 0 Å². The zero-order chi connectivity index (χ0) is 26.4. The van der Waals surface area contributed by atoms with Gasteiger partial charge in [-0.2, -0.15) is 0 Å². The lowest BCUT2D eigenvalue weighted by Gasteiger charge is -2.22. The maximum Gasteiger partial charge on any atom is 0.326 e. The number of hydrogen-bond acceptors (Lipinski definition) is 8. The zero-order valence-corrected chi connectivity index (χ0v) is 18.7. The normalized spacial score (nSPS) is 13.9. The number of rotatable bonds is 16. The van der Waals surface area contributed by atoms with Gasteiger partial charge in [-0.15, -0.1) is 0 Å². The fourth-order valence-electron chi connectivity index (χ4n) is 2.53. The number of hydrogen-bond donors (Lipinski definition) is 9. The third-order valence-corrected chi connectivity index (χ3v) is 4.36. The van der Waals surface area contributed by atoms with Crippen LogP contribution in [0.5, 0.6) is 0 Å². The van der Waals surface area contributed by atoms with Crippen LogP contribution in [0.3, 0.4) is 0 Å². The van der Waals surface area contributed by atoms with Gasteiger partial charge in [0.15, 0.2) is 5.96 Å². The van der Waals surface area contributed by atoms with Gasteiger partial charge in [-0.05, 0) is 26.2 Å². The maximum atomic E-state index is 12.4. The molecule has 0 aliphatic carbocycles. The molecule has 4 unspecified atom stereocenters. The van der Waals surface area contributed by atoms with E-state index >= 15 is 0 Å². The molecule has 4 amide bonds. The Morgan fingerprint density at radius 2 is 1.44 bits per heavy atom. The van der Waals surface area contributed by atoms with Crippen molar-refractivity contribution in [3.05, 3.63) is 0 Å². The van der Waals surface area contributed by atoms with E-state index in [0.29, 0.717) is 6.42 Å². The first kappa shape index (κ1) is 30.1. The highest BCUT2D eigenvalue weighted by Gasteiger charge is 2.30. The summed E-state index contributed by atoms with van der Waals surface area (Å²) in [6.07, 6.45) is -0.942. The summed E-state index contributed by atoms with van der Waals surface area (Å²) in [6, 6.07) is -5.38. The fourth-order valence-corrected chi connectivity index (χ4v) is 2.53. The van der Waals surface area contributed by atoms with Crippen molar-refractivity contribution in [3.63, 3.8) is 0 Å².